The fourth-order valence-corrected chi connectivity index (χ4v) is 2.56. The minimum absolute atomic E-state index is 0. The van der Waals surface area contributed by atoms with Crippen LogP contribution in [0.25, 0.3) is 0 Å². The van der Waals surface area contributed by atoms with E-state index in [1.54, 1.807) is 0 Å². The molecule has 1 fully saturated rings. The van der Waals surface area contributed by atoms with E-state index in [1.807, 2.05) is 24.3 Å². The molecule has 1 saturated heterocycles. The number of aliphatic hydroxyl groups excluding tert-OH is 1. The summed E-state index contributed by atoms with van der Waals surface area (Å²) in [5.74, 6) is -0.0979. The molecule has 1 amide bonds. The zero-order chi connectivity index (χ0) is 15.9. The van der Waals surface area contributed by atoms with Crippen LogP contribution in [0, 0.1) is 5.92 Å². The Morgan fingerprint density at radius 1 is 1.22 bits per heavy atom. The van der Waals surface area contributed by atoms with Crippen LogP contribution in [0.15, 0.2) is 24.3 Å². The summed E-state index contributed by atoms with van der Waals surface area (Å²) in [6, 6.07) is 7.53. The molecule has 1 heterocycles. The summed E-state index contributed by atoms with van der Waals surface area (Å²) in [6.07, 6.45) is 0.936. The highest BCUT2D eigenvalue weighted by Crippen LogP contribution is 2.10. The van der Waals surface area contributed by atoms with Gasteiger partial charge in [-0.25, -0.2) is 0 Å². The van der Waals surface area contributed by atoms with Crippen molar-refractivity contribution in [2.75, 3.05) is 19.6 Å². The maximum absolute atomic E-state index is 12.0. The Hall–Kier alpha value is -1.43. The summed E-state index contributed by atoms with van der Waals surface area (Å²) in [4.78, 5) is 23.8. The van der Waals surface area contributed by atoms with Crippen LogP contribution >= 0.6 is 12.4 Å². The highest BCUT2D eigenvalue weighted by atomic mass is 35.5. The first-order chi connectivity index (χ1) is 10.6. The molecule has 0 aliphatic carbocycles. The van der Waals surface area contributed by atoms with E-state index >= 15 is 0 Å². The smallest absolute Gasteiger partial charge is 0.220 e. The van der Waals surface area contributed by atoms with Crippen molar-refractivity contribution in [1.82, 2.24) is 10.6 Å². The van der Waals surface area contributed by atoms with Crippen LogP contribution < -0.4 is 10.6 Å². The number of carbonyl (C=O) groups is 2. The average Bonchev–Trinajstić information content (AvgIpc) is 2.95. The minimum atomic E-state index is -0.404. The van der Waals surface area contributed by atoms with Gasteiger partial charge >= 0.3 is 0 Å². The van der Waals surface area contributed by atoms with E-state index in [1.165, 1.54) is 5.56 Å². The number of aryl methyl sites for hydroxylation is 1. The molecule has 0 bridgehead atoms. The minimum Gasteiger partial charge on any atom is -0.391 e. The van der Waals surface area contributed by atoms with Crippen molar-refractivity contribution in [2.45, 2.75) is 32.3 Å². The summed E-state index contributed by atoms with van der Waals surface area (Å²) in [7, 11) is 0. The third-order valence-corrected chi connectivity index (χ3v) is 4.13. The SMILES string of the molecule is CCc1ccc(C(=O)CCC(=O)NCC2CNCC2O)cc1.Cl. The third-order valence-electron chi connectivity index (χ3n) is 4.13. The Morgan fingerprint density at radius 2 is 1.91 bits per heavy atom. The van der Waals surface area contributed by atoms with Crippen molar-refractivity contribution in [3.05, 3.63) is 35.4 Å². The van der Waals surface area contributed by atoms with Gasteiger partial charge in [-0.1, -0.05) is 31.2 Å². The summed E-state index contributed by atoms with van der Waals surface area (Å²) in [6.45, 7) is 3.81. The molecule has 0 aromatic heterocycles. The molecular weight excluding hydrogens is 316 g/mol. The molecular formula is C17H25ClN2O3. The molecule has 128 valence electrons. The highest BCUT2D eigenvalue weighted by Gasteiger charge is 2.24. The van der Waals surface area contributed by atoms with Crippen molar-refractivity contribution in [1.29, 1.82) is 0 Å². The quantitative estimate of drug-likeness (QED) is 0.654. The van der Waals surface area contributed by atoms with Crippen LogP contribution in [-0.4, -0.2) is 42.5 Å². The average molecular weight is 341 g/mol. The Balaban J connectivity index is 0.00000264. The number of carbonyl (C=O) groups excluding carboxylic acids is 2. The first-order valence-electron chi connectivity index (χ1n) is 7.87. The van der Waals surface area contributed by atoms with Crippen LogP contribution in [-0.2, 0) is 11.2 Å². The van der Waals surface area contributed by atoms with E-state index in [-0.39, 0.29) is 42.9 Å². The van der Waals surface area contributed by atoms with Crippen molar-refractivity contribution < 1.29 is 14.7 Å². The van der Waals surface area contributed by atoms with Gasteiger partial charge in [0.15, 0.2) is 5.78 Å². The van der Waals surface area contributed by atoms with Gasteiger partial charge in [0, 0.05) is 44.0 Å². The van der Waals surface area contributed by atoms with E-state index in [2.05, 4.69) is 17.6 Å². The number of amides is 1. The van der Waals surface area contributed by atoms with Gasteiger partial charge in [0.2, 0.25) is 5.91 Å². The summed E-state index contributed by atoms with van der Waals surface area (Å²) in [5.41, 5.74) is 1.85. The third kappa shape index (κ3) is 5.94. The van der Waals surface area contributed by atoms with E-state index < -0.39 is 6.10 Å². The highest BCUT2D eigenvalue weighted by molar-refractivity contribution is 5.97. The van der Waals surface area contributed by atoms with E-state index in [4.69, 9.17) is 0 Å². The molecule has 1 aromatic rings. The summed E-state index contributed by atoms with van der Waals surface area (Å²) < 4.78 is 0. The Morgan fingerprint density at radius 3 is 2.48 bits per heavy atom. The number of benzene rings is 1. The van der Waals surface area contributed by atoms with Gasteiger partial charge in [-0.2, -0.15) is 0 Å². The number of β-amino-alcohol motifs (C(OH)–C–C–N with tert-alkyl or cyclic N) is 1. The lowest BCUT2D eigenvalue weighted by Gasteiger charge is -2.13. The zero-order valence-corrected chi connectivity index (χ0v) is 14.2. The predicted molar refractivity (Wildman–Crippen MR) is 92.0 cm³/mol. The number of nitrogens with one attached hydrogen (secondary N) is 2. The number of halogens is 1. The molecule has 2 unspecified atom stereocenters. The van der Waals surface area contributed by atoms with Crippen LogP contribution in [0.4, 0.5) is 0 Å². The second-order valence-corrected chi connectivity index (χ2v) is 5.76. The van der Waals surface area contributed by atoms with Gasteiger partial charge in [0.1, 0.15) is 0 Å². The maximum atomic E-state index is 12.0. The van der Waals surface area contributed by atoms with Crippen molar-refractivity contribution in [3.8, 4) is 0 Å². The van der Waals surface area contributed by atoms with Gasteiger partial charge in [-0.15, -0.1) is 12.4 Å². The van der Waals surface area contributed by atoms with Gasteiger partial charge in [0.25, 0.3) is 0 Å². The van der Waals surface area contributed by atoms with Crippen molar-refractivity contribution in [2.24, 2.45) is 5.92 Å². The van der Waals surface area contributed by atoms with Crippen molar-refractivity contribution >= 4 is 24.1 Å². The number of rotatable bonds is 7. The molecule has 23 heavy (non-hydrogen) atoms. The van der Waals surface area contributed by atoms with Crippen molar-refractivity contribution in [3.63, 3.8) is 0 Å². The fraction of sp³-hybridized carbons (Fsp3) is 0.529. The van der Waals surface area contributed by atoms with E-state index in [9.17, 15) is 14.7 Å². The standard InChI is InChI=1S/C17H24N2O3.ClH/c1-2-12-3-5-13(6-4-12)15(20)7-8-17(22)19-10-14-9-18-11-16(14)21;/h3-6,14,16,18,21H,2,7-11H2,1H3,(H,19,22);1H. The molecule has 2 rings (SSSR count). The summed E-state index contributed by atoms with van der Waals surface area (Å²) >= 11 is 0. The maximum Gasteiger partial charge on any atom is 0.220 e. The Labute approximate surface area is 143 Å². The molecule has 0 spiro atoms. The zero-order valence-electron chi connectivity index (χ0n) is 13.4. The lowest BCUT2D eigenvalue weighted by atomic mass is 10.0. The van der Waals surface area contributed by atoms with Crippen LogP contribution in [0.2, 0.25) is 0 Å². The fourth-order valence-electron chi connectivity index (χ4n) is 2.56. The number of aliphatic hydroxyl groups is 1. The monoisotopic (exact) mass is 340 g/mol. The first kappa shape index (κ1) is 19.6. The normalized spacial score (nSPS) is 19.9. The lowest BCUT2D eigenvalue weighted by Crippen LogP contribution is -2.34. The van der Waals surface area contributed by atoms with Gasteiger partial charge in [-0.3, -0.25) is 9.59 Å². The van der Waals surface area contributed by atoms with Crippen LogP contribution in [0.5, 0.6) is 0 Å². The van der Waals surface area contributed by atoms with E-state index in [0.717, 1.165) is 6.42 Å². The number of Topliss-reactive ketones (excluding diaryl/α,β-unsaturated/α-hetero) is 1. The predicted octanol–water partition coefficient (Wildman–Crippen LogP) is 1.33. The molecule has 1 aliphatic rings. The molecule has 1 aromatic carbocycles. The molecule has 6 heteroatoms. The molecule has 1 aliphatic heterocycles. The van der Waals surface area contributed by atoms with Crippen LogP contribution in [0.1, 0.15) is 35.7 Å². The summed E-state index contributed by atoms with van der Waals surface area (Å²) in [5, 5.41) is 15.5. The molecule has 2 atom stereocenters. The second-order valence-electron chi connectivity index (χ2n) is 5.76. The van der Waals surface area contributed by atoms with Gasteiger partial charge in [0.05, 0.1) is 6.10 Å². The molecule has 5 nitrogen and oxygen atoms in total. The van der Waals surface area contributed by atoms with Gasteiger partial charge < -0.3 is 15.7 Å². The lowest BCUT2D eigenvalue weighted by molar-refractivity contribution is -0.121. The topological polar surface area (TPSA) is 78.4 Å². The van der Waals surface area contributed by atoms with Gasteiger partial charge in [-0.05, 0) is 12.0 Å². The molecule has 0 saturated carbocycles. The second kappa shape index (κ2) is 9.65. The number of ketones is 1. The van der Waals surface area contributed by atoms with E-state index in [0.29, 0.717) is 25.2 Å². The molecule has 0 radical (unpaired) electrons. The molecule has 3 N–H and O–H groups in total. The Bertz CT molecular complexity index is 519. The van der Waals surface area contributed by atoms with Crippen LogP contribution in [0.3, 0.4) is 0 Å². The first-order valence-corrected chi connectivity index (χ1v) is 7.87. The largest absolute Gasteiger partial charge is 0.391 e. The number of hydrogen-bond acceptors (Lipinski definition) is 4. The Kier molecular flexibility index (Phi) is 8.23. The number of hydrogen-bond donors (Lipinski definition) is 3.